The van der Waals surface area contributed by atoms with Gasteiger partial charge in [-0.05, 0) is 42.3 Å². The molecule has 3 aromatic carbocycles. The minimum atomic E-state index is -4.46. The Labute approximate surface area is 141 Å². The smallest absolute Gasteiger partial charge is 0.206 e. The maximum atomic E-state index is 14.4. The normalized spacial score (nSPS) is 11.3. The topological polar surface area (TPSA) is 0 Å². The summed E-state index contributed by atoms with van der Waals surface area (Å²) in [7, 11) is 0. The molecule has 25 heavy (non-hydrogen) atoms. The lowest BCUT2D eigenvalue weighted by Crippen LogP contribution is -2.04. The maximum absolute atomic E-state index is 14.4. The fourth-order valence-corrected chi connectivity index (χ4v) is 2.44. The number of hydrogen-bond acceptors (Lipinski definition) is 0. The molecule has 0 radical (unpaired) electrons. The number of rotatable bonds is 2. The lowest BCUT2D eigenvalue weighted by Gasteiger charge is -2.08. The first kappa shape index (κ1) is 17.0. The lowest BCUT2D eigenvalue weighted by molar-refractivity contribution is -0.137. The van der Waals surface area contributed by atoms with Crippen molar-refractivity contribution in [2.75, 3.05) is 0 Å². The van der Waals surface area contributed by atoms with E-state index in [1.165, 1.54) is 12.1 Å². The van der Waals surface area contributed by atoms with E-state index >= 15 is 0 Å². The molecule has 0 saturated heterocycles. The van der Waals surface area contributed by atoms with Crippen molar-refractivity contribution >= 4 is 0 Å². The highest BCUT2D eigenvalue weighted by Crippen LogP contribution is 2.32. The zero-order chi connectivity index (χ0) is 18.2. The van der Waals surface area contributed by atoms with Gasteiger partial charge in [-0.25, -0.2) is 8.78 Å². The van der Waals surface area contributed by atoms with Crippen molar-refractivity contribution in [1.29, 1.82) is 0 Å². The van der Waals surface area contributed by atoms with Crippen molar-refractivity contribution in [3.8, 4) is 22.3 Å². The molecule has 0 fully saturated rings. The minimum absolute atomic E-state index is 0.0232. The molecule has 3 rings (SSSR count). The summed E-state index contributed by atoms with van der Waals surface area (Å²) in [6, 6.07) is 14.9. The van der Waals surface area contributed by atoms with Crippen LogP contribution >= 0.6 is 0 Å². The first-order chi connectivity index (χ1) is 11.8. The van der Waals surface area contributed by atoms with Crippen LogP contribution in [0.4, 0.5) is 22.0 Å². The van der Waals surface area contributed by atoms with Crippen molar-refractivity contribution in [3.05, 3.63) is 83.4 Å². The van der Waals surface area contributed by atoms with E-state index in [1.54, 1.807) is 13.0 Å². The molecule has 0 N–H and O–H groups in total. The SMILES string of the molecule is Cc1ccc(-c2c#cc(-c3ccc(C(F)(F)F)cc3)c(F)c2)c(F)c1. The van der Waals surface area contributed by atoms with E-state index in [4.69, 9.17) is 0 Å². The number of hydrogen-bond donors (Lipinski definition) is 0. The molecule has 0 amide bonds. The van der Waals surface area contributed by atoms with Crippen LogP contribution in [0.25, 0.3) is 22.3 Å². The first-order valence-corrected chi connectivity index (χ1v) is 7.33. The fourth-order valence-electron chi connectivity index (χ4n) is 2.44. The van der Waals surface area contributed by atoms with Crippen LogP contribution in [0.15, 0.2) is 48.5 Å². The van der Waals surface area contributed by atoms with Crippen molar-refractivity contribution in [2.24, 2.45) is 0 Å². The second-order valence-electron chi connectivity index (χ2n) is 5.59. The van der Waals surface area contributed by atoms with Gasteiger partial charge in [0, 0.05) is 11.1 Å². The van der Waals surface area contributed by atoms with Gasteiger partial charge in [0.2, 0.25) is 0 Å². The molecule has 0 bridgehead atoms. The molecule has 0 unspecified atom stereocenters. The Morgan fingerprint density at radius 3 is 2.04 bits per heavy atom. The average Bonchev–Trinajstić information content (AvgIpc) is 2.54. The second kappa shape index (κ2) is 6.21. The van der Waals surface area contributed by atoms with Gasteiger partial charge in [-0.2, -0.15) is 13.2 Å². The third-order valence-electron chi connectivity index (χ3n) is 3.75. The van der Waals surface area contributed by atoms with Gasteiger partial charge in [0.25, 0.3) is 0 Å². The lowest BCUT2D eigenvalue weighted by atomic mass is 10.0. The molecule has 0 atom stereocenters. The Morgan fingerprint density at radius 1 is 0.800 bits per heavy atom. The molecule has 0 aliphatic carbocycles. The fraction of sp³-hybridized carbons (Fsp3) is 0.100. The van der Waals surface area contributed by atoms with E-state index in [0.717, 1.165) is 35.9 Å². The van der Waals surface area contributed by atoms with Crippen LogP contribution in [0.1, 0.15) is 11.1 Å². The number of aryl methyl sites for hydroxylation is 1. The van der Waals surface area contributed by atoms with E-state index in [0.29, 0.717) is 0 Å². The molecule has 0 aromatic heterocycles. The van der Waals surface area contributed by atoms with Gasteiger partial charge >= 0.3 is 6.18 Å². The van der Waals surface area contributed by atoms with Crippen molar-refractivity contribution in [1.82, 2.24) is 0 Å². The molecule has 0 spiro atoms. The van der Waals surface area contributed by atoms with Crippen LogP contribution in [-0.4, -0.2) is 0 Å². The van der Waals surface area contributed by atoms with Gasteiger partial charge in [-0.3, -0.25) is 0 Å². The van der Waals surface area contributed by atoms with Crippen LogP contribution in [-0.2, 0) is 6.18 Å². The zero-order valence-corrected chi connectivity index (χ0v) is 13.0. The minimum Gasteiger partial charge on any atom is -0.206 e. The van der Waals surface area contributed by atoms with Gasteiger partial charge in [0.05, 0.1) is 11.1 Å². The number of benzene rings is 2. The summed E-state index contributed by atoms with van der Waals surface area (Å²) in [4.78, 5) is 0. The first-order valence-electron chi connectivity index (χ1n) is 7.33. The van der Waals surface area contributed by atoms with Crippen molar-refractivity contribution in [3.63, 3.8) is 0 Å². The second-order valence-corrected chi connectivity index (χ2v) is 5.59. The Kier molecular flexibility index (Phi) is 4.22. The summed E-state index contributed by atoms with van der Waals surface area (Å²) in [6.07, 6.45) is -4.46. The quantitative estimate of drug-likeness (QED) is 0.483. The van der Waals surface area contributed by atoms with Gasteiger partial charge in [0.15, 0.2) is 0 Å². The highest BCUT2D eigenvalue weighted by molar-refractivity contribution is 5.68. The molecule has 0 aliphatic heterocycles. The largest absolute Gasteiger partial charge is 0.416 e. The summed E-state index contributed by atoms with van der Waals surface area (Å²) >= 11 is 0. The Hall–Kier alpha value is -2.87. The summed E-state index contributed by atoms with van der Waals surface area (Å²) in [5, 5.41) is 0. The van der Waals surface area contributed by atoms with E-state index in [2.05, 4.69) is 12.1 Å². The number of halogens is 5. The van der Waals surface area contributed by atoms with Gasteiger partial charge in [0.1, 0.15) is 11.6 Å². The molecular weight excluding hydrogens is 335 g/mol. The summed E-state index contributed by atoms with van der Waals surface area (Å²) in [6.45, 7) is 1.73. The van der Waals surface area contributed by atoms with Crippen LogP contribution in [0.3, 0.4) is 0 Å². The summed E-state index contributed by atoms with van der Waals surface area (Å²) in [5.74, 6) is -1.22. The van der Waals surface area contributed by atoms with Crippen molar-refractivity contribution in [2.45, 2.75) is 13.1 Å². The monoisotopic (exact) mass is 346 g/mol. The van der Waals surface area contributed by atoms with Crippen LogP contribution in [0.2, 0.25) is 0 Å². The van der Waals surface area contributed by atoms with Gasteiger partial charge < -0.3 is 0 Å². The van der Waals surface area contributed by atoms with Crippen LogP contribution in [0, 0.1) is 30.7 Å². The summed E-state index contributed by atoms with van der Waals surface area (Å²) < 4.78 is 66.1. The molecule has 0 saturated carbocycles. The summed E-state index contributed by atoms with van der Waals surface area (Å²) in [5.41, 5.74) is 0.485. The van der Waals surface area contributed by atoms with E-state index in [1.807, 2.05) is 0 Å². The van der Waals surface area contributed by atoms with Gasteiger partial charge in [-0.15, -0.1) is 0 Å². The molecule has 0 heterocycles. The molecule has 3 aromatic rings. The third-order valence-corrected chi connectivity index (χ3v) is 3.75. The molecule has 5 heteroatoms. The Morgan fingerprint density at radius 2 is 1.48 bits per heavy atom. The Bertz CT molecular complexity index is 908. The molecule has 0 nitrogen and oxygen atoms in total. The third kappa shape index (κ3) is 3.48. The molecule has 126 valence electrons. The standard InChI is InChI=1S/C20H11F5/c1-12-2-8-17(18(21)10-12)14-5-9-16(19(22)11-14)13-3-6-15(7-4-13)20(23,24)25/h2-4,6-8,10-11H,1H3. The molecular formula is C20H11F5. The predicted molar refractivity (Wildman–Crippen MR) is 84.6 cm³/mol. The highest BCUT2D eigenvalue weighted by atomic mass is 19.4. The van der Waals surface area contributed by atoms with E-state index in [9.17, 15) is 22.0 Å². The van der Waals surface area contributed by atoms with E-state index in [-0.39, 0.29) is 22.3 Å². The predicted octanol–water partition coefficient (Wildman–Crippen LogP) is 6.23. The number of alkyl halides is 3. The van der Waals surface area contributed by atoms with Crippen LogP contribution in [0.5, 0.6) is 0 Å². The van der Waals surface area contributed by atoms with Crippen LogP contribution < -0.4 is 0 Å². The maximum Gasteiger partial charge on any atom is 0.416 e. The van der Waals surface area contributed by atoms with E-state index < -0.39 is 23.4 Å². The zero-order valence-electron chi connectivity index (χ0n) is 13.0. The van der Waals surface area contributed by atoms with Crippen molar-refractivity contribution < 1.29 is 22.0 Å². The highest BCUT2D eigenvalue weighted by Gasteiger charge is 2.30. The Balaban J connectivity index is 1.97. The molecule has 0 aliphatic rings. The average molecular weight is 346 g/mol. The van der Waals surface area contributed by atoms with Gasteiger partial charge in [-0.1, -0.05) is 36.4 Å².